The van der Waals surface area contributed by atoms with Gasteiger partial charge in [0, 0.05) is 29.7 Å². The lowest BCUT2D eigenvalue weighted by atomic mass is 10.2. The van der Waals surface area contributed by atoms with Gasteiger partial charge < -0.3 is 5.11 Å². The van der Waals surface area contributed by atoms with E-state index < -0.39 is 0 Å². The van der Waals surface area contributed by atoms with Crippen LogP contribution >= 0.6 is 11.3 Å². The maximum Gasteiger partial charge on any atom is 0.133 e. The molecular weight excluding hydrogens is 213 g/mol. The van der Waals surface area contributed by atoms with Gasteiger partial charge in [0.25, 0.3) is 0 Å². The van der Waals surface area contributed by atoms with Gasteiger partial charge in [-0.1, -0.05) is 12.1 Å². The van der Waals surface area contributed by atoms with Crippen LogP contribution in [0.1, 0.15) is 4.88 Å². The second-order valence-corrected chi connectivity index (χ2v) is 4.20. The van der Waals surface area contributed by atoms with Crippen molar-refractivity contribution in [2.24, 2.45) is 0 Å². The summed E-state index contributed by atoms with van der Waals surface area (Å²) in [6.07, 6.45) is 2.26. The molecule has 0 aliphatic carbocycles. The zero-order valence-corrected chi connectivity index (χ0v) is 8.80. The molecule has 0 saturated carbocycles. The number of aliphatic hydroxyl groups excluding tert-OH is 1. The summed E-state index contributed by atoms with van der Waals surface area (Å²) in [5, 5.41) is 9.42. The lowest BCUT2D eigenvalue weighted by Crippen LogP contribution is -1.84. The average molecular weight is 223 g/mol. The molecule has 0 atom stereocenters. The van der Waals surface area contributed by atoms with E-state index in [0.717, 1.165) is 4.88 Å². The summed E-state index contributed by atoms with van der Waals surface area (Å²) in [7, 11) is 0. The summed E-state index contributed by atoms with van der Waals surface area (Å²) in [5.41, 5.74) is 0.520. The molecular formula is C11H10FNOS. The molecule has 1 aromatic heterocycles. The van der Waals surface area contributed by atoms with Gasteiger partial charge in [-0.05, 0) is 12.1 Å². The molecule has 0 radical (unpaired) electrons. The van der Waals surface area contributed by atoms with Crippen molar-refractivity contribution in [3.8, 4) is 10.6 Å². The number of aliphatic hydroxyl groups is 1. The third-order valence-electron chi connectivity index (χ3n) is 2.02. The first kappa shape index (κ1) is 10.3. The number of thiazole rings is 1. The predicted molar refractivity (Wildman–Crippen MR) is 58.3 cm³/mol. The molecule has 1 heterocycles. The van der Waals surface area contributed by atoms with Crippen LogP contribution in [0.5, 0.6) is 0 Å². The number of aromatic nitrogens is 1. The standard InChI is InChI=1S/C11H10FNOS/c12-10-4-2-1-3-9(10)11-13-7-8(15-11)5-6-14/h1-4,7,14H,5-6H2. The van der Waals surface area contributed by atoms with E-state index in [1.165, 1.54) is 17.4 Å². The van der Waals surface area contributed by atoms with Crippen molar-refractivity contribution in [1.29, 1.82) is 0 Å². The quantitative estimate of drug-likeness (QED) is 0.867. The smallest absolute Gasteiger partial charge is 0.133 e. The molecule has 1 N–H and O–H groups in total. The molecule has 0 saturated heterocycles. The number of hydrogen-bond acceptors (Lipinski definition) is 3. The van der Waals surface area contributed by atoms with E-state index in [2.05, 4.69) is 4.98 Å². The van der Waals surface area contributed by atoms with E-state index in [0.29, 0.717) is 17.0 Å². The van der Waals surface area contributed by atoms with Crippen LogP contribution in [-0.2, 0) is 6.42 Å². The van der Waals surface area contributed by atoms with Crippen molar-refractivity contribution in [2.45, 2.75) is 6.42 Å². The van der Waals surface area contributed by atoms with Crippen molar-refractivity contribution in [3.05, 3.63) is 41.2 Å². The average Bonchev–Trinajstić information content (AvgIpc) is 2.68. The maximum absolute atomic E-state index is 13.4. The van der Waals surface area contributed by atoms with Crippen molar-refractivity contribution in [3.63, 3.8) is 0 Å². The highest BCUT2D eigenvalue weighted by atomic mass is 32.1. The Morgan fingerprint density at radius 1 is 1.33 bits per heavy atom. The highest BCUT2D eigenvalue weighted by molar-refractivity contribution is 7.15. The molecule has 0 amide bonds. The highest BCUT2D eigenvalue weighted by Gasteiger charge is 2.08. The molecule has 0 unspecified atom stereocenters. The zero-order chi connectivity index (χ0) is 10.7. The number of benzene rings is 1. The lowest BCUT2D eigenvalue weighted by molar-refractivity contribution is 0.300. The Bertz CT molecular complexity index is 455. The van der Waals surface area contributed by atoms with E-state index in [4.69, 9.17) is 5.11 Å². The molecule has 2 rings (SSSR count). The topological polar surface area (TPSA) is 33.1 Å². The number of nitrogens with zero attached hydrogens (tertiary/aromatic N) is 1. The number of hydrogen-bond donors (Lipinski definition) is 1. The van der Waals surface area contributed by atoms with Crippen LogP contribution in [0.15, 0.2) is 30.5 Å². The van der Waals surface area contributed by atoms with Crippen LogP contribution < -0.4 is 0 Å². The van der Waals surface area contributed by atoms with Gasteiger partial charge in [-0.2, -0.15) is 0 Å². The van der Waals surface area contributed by atoms with Crippen LogP contribution in [-0.4, -0.2) is 16.7 Å². The van der Waals surface area contributed by atoms with Gasteiger partial charge in [-0.15, -0.1) is 11.3 Å². The highest BCUT2D eigenvalue weighted by Crippen LogP contribution is 2.27. The van der Waals surface area contributed by atoms with E-state index in [1.807, 2.05) is 0 Å². The summed E-state index contributed by atoms with van der Waals surface area (Å²) in [6, 6.07) is 6.56. The van der Waals surface area contributed by atoms with Crippen molar-refractivity contribution in [1.82, 2.24) is 4.98 Å². The van der Waals surface area contributed by atoms with Gasteiger partial charge in [0.1, 0.15) is 10.8 Å². The summed E-state index contributed by atoms with van der Waals surface area (Å²) < 4.78 is 13.4. The summed E-state index contributed by atoms with van der Waals surface area (Å²) in [5.74, 6) is -0.262. The van der Waals surface area contributed by atoms with E-state index >= 15 is 0 Å². The van der Waals surface area contributed by atoms with Gasteiger partial charge >= 0.3 is 0 Å². The summed E-state index contributed by atoms with van der Waals surface area (Å²) >= 11 is 1.41. The monoisotopic (exact) mass is 223 g/mol. The Hall–Kier alpha value is -1.26. The Morgan fingerprint density at radius 2 is 2.13 bits per heavy atom. The molecule has 0 aliphatic heterocycles. The predicted octanol–water partition coefficient (Wildman–Crippen LogP) is 2.48. The summed E-state index contributed by atoms with van der Waals surface area (Å²) in [4.78, 5) is 5.10. The fraction of sp³-hybridized carbons (Fsp3) is 0.182. The van der Waals surface area contributed by atoms with Crippen molar-refractivity contribution < 1.29 is 9.50 Å². The SMILES string of the molecule is OCCc1cnc(-c2ccccc2F)s1. The molecule has 0 spiro atoms. The van der Waals surface area contributed by atoms with E-state index in [-0.39, 0.29) is 12.4 Å². The first-order chi connectivity index (χ1) is 7.31. The molecule has 4 heteroatoms. The first-order valence-electron chi connectivity index (χ1n) is 4.61. The Labute approximate surface area is 91.0 Å². The lowest BCUT2D eigenvalue weighted by Gasteiger charge is -1.96. The molecule has 0 fully saturated rings. The molecule has 0 aliphatic rings. The van der Waals surface area contributed by atoms with Crippen LogP contribution in [0.2, 0.25) is 0 Å². The van der Waals surface area contributed by atoms with E-state index in [9.17, 15) is 4.39 Å². The zero-order valence-electron chi connectivity index (χ0n) is 7.98. The first-order valence-corrected chi connectivity index (χ1v) is 5.43. The van der Waals surface area contributed by atoms with Crippen LogP contribution in [0.4, 0.5) is 4.39 Å². The molecule has 78 valence electrons. The van der Waals surface area contributed by atoms with Crippen LogP contribution in [0, 0.1) is 5.82 Å². The maximum atomic E-state index is 13.4. The largest absolute Gasteiger partial charge is 0.396 e. The Balaban J connectivity index is 2.33. The minimum atomic E-state index is -0.262. The van der Waals surface area contributed by atoms with E-state index in [1.54, 1.807) is 24.4 Å². The molecule has 2 nitrogen and oxygen atoms in total. The third kappa shape index (κ3) is 2.22. The third-order valence-corrected chi connectivity index (χ3v) is 3.11. The molecule has 0 bridgehead atoms. The van der Waals surface area contributed by atoms with Gasteiger partial charge in [0.15, 0.2) is 0 Å². The summed E-state index contributed by atoms with van der Waals surface area (Å²) in [6.45, 7) is 0.0961. The normalized spacial score (nSPS) is 10.5. The van der Waals surface area contributed by atoms with Crippen molar-refractivity contribution >= 4 is 11.3 Å². The number of rotatable bonds is 3. The van der Waals surface area contributed by atoms with Crippen LogP contribution in [0.3, 0.4) is 0 Å². The van der Waals surface area contributed by atoms with Gasteiger partial charge in [0.05, 0.1) is 0 Å². The molecule has 1 aromatic carbocycles. The van der Waals surface area contributed by atoms with Gasteiger partial charge in [-0.25, -0.2) is 9.37 Å². The van der Waals surface area contributed by atoms with Crippen molar-refractivity contribution in [2.75, 3.05) is 6.61 Å². The van der Waals surface area contributed by atoms with Crippen LogP contribution in [0.25, 0.3) is 10.6 Å². The minimum Gasteiger partial charge on any atom is -0.396 e. The second-order valence-electron chi connectivity index (χ2n) is 3.09. The fourth-order valence-corrected chi connectivity index (χ4v) is 2.22. The van der Waals surface area contributed by atoms with Gasteiger partial charge in [0.2, 0.25) is 0 Å². The minimum absolute atomic E-state index is 0.0961. The second kappa shape index (κ2) is 4.51. The fourth-order valence-electron chi connectivity index (χ4n) is 1.29. The molecule has 15 heavy (non-hydrogen) atoms. The number of halogens is 1. The Morgan fingerprint density at radius 3 is 2.87 bits per heavy atom. The Kier molecular flexibility index (Phi) is 3.08. The van der Waals surface area contributed by atoms with Gasteiger partial charge in [-0.3, -0.25) is 0 Å². The molecule has 2 aromatic rings.